The zero-order chi connectivity index (χ0) is 17.0. The van der Waals surface area contributed by atoms with E-state index in [9.17, 15) is 17.2 Å². The molecule has 0 aliphatic rings. The van der Waals surface area contributed by atoms with Crippen LogP contribution in [-0.4, -0.2) is 21.3 Å². The van der Waals surface area contributed by atoms with Crippen molar-refractivity contribution in [2.45, 2.75) is 24.5 Å². The van der Waals surface area contributed by atoms with Crippen LogP contribution in [0.5, 0.6) is 5.75 Å². The lowest BCUT2D eigenvalue weighted by molar-refractivity contribution is -0.0498. The predicted molar refractivity (Wildman–Crippen MR) is 84.7 cm³/mol. The van der Waals surface area contributed by atoms with Crippen LogP contribution in [0, 0.1) is 0 Å². The molecule has 7 heteroatoms. The largest absolute Gasteiger partial charge is 0.435 e. The van der Waals surface area contributed by atoms with Crippen LogP contribution in [0.25, 0.3) is 0 Å². The Hall–Kier alpha value is -2.15. The van der Waals surface area contributed by atoms with Crippen molar-refractivity contribution in [3.8, 4) is 5.75 Å². The fourth-order valence-corrected chi connectivity index (χ4v) is 3.02. The summed E-state index contributed by atoms with van der Waals surface area (Å²) in [6, 6.07) is 12.6. The number of benzene rings is 2. The van der Waals surface area contributed by atoms with Gasteiger partial charge in [-0.05, 0) is 36.8 Å². The van der Waals surface area contributed by atoms with Crippen LogP contribution in [0.4, 0.5) is 14.5 Å². The number of rotatable bonds is 6. The first-order chi connectivity index (χ1) is 10.8. The normalized spacial score (nSPS) is 12.9. The van der Waals surface area contributed by atoms with Gasteiger partial charge in [-0.15, -0.1) is 0 Å². The predicted octanol–water partition coefficient (Wildman–Crippen LogP) is 3.86. The molecule has 0 fully saturated rings. The summed E-state index contributed by atoms with van der Waals surface area (Å²) in [6.45, 7) is -1.01. The molecule has 2 rings (SSSR count). The number of hydrogen-bond donors (Lipinski definition) is 1. The summed E-state index contributed by atoms with van der Waals surface area (Å²) in [4.78, 5) is 0.213. The first kappa shape index (κ1) is 17.2. The molecule has 0 unspecified atom stereocenters. The minimum atomic E-state index is -3.35. The van der Waals surface area contributed by atoms with Crippen LogP contribution >= 0.6 is 0 Å². The average Bonchev–Trinajstić information content (AvgIpc) is 2.46. The van der Waals surface area contributed by atoms with Crippen LogP contribution in [0.1, 0.15) is 18.5 Å². The number of anilines is 1. The van der Waals surface area contributed by atoms with Crippen LogP contribution in [0.3, 0.4) is 0 Å². The van der Waals surface area contributed by atoms with Crippen molar-refractivity contribution in [2.75, 3.05) is 11.6 Å². The second kappa shape index (κ2) is 6.95. The summed E-state index contributed by atoms with van der Waals surface area (Å²) in [5.41, 5.74) is 1.31. The van der Waals surface area contributed by atoms with Crippen molar-refractivity contribution in [2.24, 2.45) is 0 Å². The van der Waals surface area contributed by atoms with Gasteiger partial charge in [-0.2, -0.15) is 8.78 Å². The molecule has 2 aromatic rings. The minimum absolute atomic E-state index is 0.0764. The smallest absolute Gasteiger partial charge is 0.387 e. The first-order valence-corrected chi connectivity index (χ1v) is 8.77. The van der Waals surface area contributed by atoms with Crippen molar-refractivity contribution < 1.29 is 21.9 Å². The number of ether oxygens (including phenoxy) is 1. The molecule has 124 valence electrons. The van der Waals surface area contributed by atoms with E-state index in [-0.39, 0.29) is 16.7 Å². The lowest BCUT2D eigenvalue weighted by Gasteiger charge is -2.18. The highest BCUT2D eigenvalue weighted by Crippen LogP contribution is 2.26. The molecule has 0 heterocycles. The summed E-state index contributed by atoms with van der Waals surface area (Å²) in [7, 11) is -3.35. The Morgan fingerprint density at radius 3 is 2.22 bits per heavy atom. The average molecular weight is 341 g/mol. The van der Waals surface area contributed by atoms with E-state index in [1.54, 1.807) is 30.3 Å². The molecule has 0 saturated heterocycles. The highest BCUT2D eigenvalue weighted by molar-refractivity contribution is 7.90. The third kappa shape index (κ3) is 4.66. The Kier molecular flexibility index (Phi) is 5.20. The molecule has 0 aliphatic carbocycles. The molecule has 0 bridgehead atoms. The maximum absolute atomic E-state index is 12.1. The van der Waals surface area contributed by atoms with Gasteiger partial charge >= 0.3 is 6.61 Å². The monoisotopic (exact) mass is 341 g/mol. The van der Waals surface area contributed by atoms with Crippen molar-refractivity contribution >= 4 is 15.5 Å². The third-order valence-electron chi connectivity index (χ3n) is 3.26. The number of halogens is 2. The second-order valence-corrected chi connectivity index (χ2v) is 7.07. The van der Waals surface area contributed by atoms with Crippen LogP contribution in [-0.2, 0) is 9.84 Å². The maximum atomic E-state index is 12.1. The highest BCUT2D eigenvalue weighted by Gasteiger charge is 2.15. The second-order valence-electron chi connectivity index (χ2n) is 5.08. The first-order valence-electron chi connectivity index (χ1n) is 6.88. The molecule has 0 saturated carbocycles. The molecule has 0 aromatic heterocycles. The van der Waals surface area contributed by atoms with E-state index in [2.05, 4.69) is 10.1 Å². The van der Waals surface area contributed by atoms with Gasteiger partial charge in [-0.1, -0.05) is 24.3 Å². The molecule has 23 heavy (non-hydrogen) atoms. The van der Waals surface area contributed by atoms with Gasteiger partial charge in [0, 0.05) is 12.3 Å². The van der Waals surface area contributed by atoms with E-state index < -0.39 is 16.4 Å². The van der Waals surface area contributed by atoms with Gasteiger partial charge in [0.1, 0.15) is 5.75 Å². The Morgan fingerprint density at radius 1 is 1.04 bits per heavy atom. The van der Waals surface area contributed by atoms with E-state index in [0.29, 0.717) is 5.69 Å². The molecule has 1 N–H and O–H groups in total. The third-order valence-corrected chi connectivity index (χ3v) is 4.42. The van der Waals surface area contributed by atoms with E-state index in [4.69, 9.17) is 0 Å². The van der Waals surface area contributed by atoms with Gasteiger partial charge < -0.3 is 10.1 Å². The van der Waals surface area contributed by atoms with Crippen molar-refractivity contribution in [3.05, 3.63) is 54.1 Å². The fraction of sp³-hybridized carbons (Fsp3) is 0.250. The standard InChI is InChI=1S/C16H17F2NO3S/c1-11(12-7-9-13(10-8-12)22-16(17)18)19-14-5-3-4-6-15(14)23(2,20)21/h3-11,16,19H,1-2H3/t11-/m0/s1. The lowest BCUT2D eigenvalue weighted by Crippen LogP contribution is -2.10. The number of para-hydroxylation sites is 1. The van der Waals surface area contributed by atoms with Crippen molar-refractivity contribution in [1.82, 2.24) is 0 Å². The quantitative estimate of drug-likeness (QED) is 0.867. The SMILES string of the molecule is C[C@H](Nc1ccccc1S(C)(=O)=O)c1ccc(OC(F)F)cc1. The number of alkyl halides is 2. The summed E-state index contributed by atoms with van der Waals surface area (Å²) in [6.07, 6.45) is 1.15. The molecule has 0 aliphatic heterocycles. The van der Waals surface area contributed by atoms with Gasteiger partial charge in [-0.3, -0.25) is 0 Å². The van der Waals surface area contributed by atoms with Crippen LogP contribution in [0.15, 0.2) is 53.4 Å². The molecule has 1 atom stereocenters. The number of sulfone groups is 1. The Labute approximate surface area is 134 Å². The van der Waals surface area contributed by atoms with Crippen LogP contribution < -0.4 is 10.1 Å². The Morgan fingerprint density at radius 2 is 1.65 bits per heavy atom. The van der Waals surface area contributed by atoms with Gasteiger partial charge in [0.25, 0.3) is 0 Å². The fourth-order valence-electron chi connectivity index (χ4n) is 2.16. The number of hydrogen-bond acceptors (Lipinski definition) is 4. The van der Waals surface area contributed by atoms with E-state index in [1.165, 1.54) is 18.2 Å². The minimum Gasteiger partial charge on any atom is -0.435 e. The topological polar surface area (TPSA) is 55.4 Å². The van der Waals surface area contributed by atoms with Crippen molar-refractivity contribution in [3.63, 3.8) is 0 Å². The molecule has 0 spiro atoms. The van der Waals surface area contributed by atoms with Crippen LogP contribution in [0.2, 0.25) is 0 Å². The molecule has 0 amide bonds. The summed E-state index contributed by atoms with van der Waals surface area (Å²) >= 11 is 0. The number of nitrogens with one attached hydrogen (secondary N) is 1. The molecular formula is C16H17F2NO3S. The van der Waals surface area contributed by atoms with Crippen molar-refractivity contribution in [1.29, 1.82) is 0 Å². The zero-order valence-electron chi connectivity index (χ0n) is 12.7. The Bertz CT molecular complexity index is 761. The molecule has 2 aromatic carbocycles. The zero-order valence-corrected chi connectivity index (χ0v) is 13.5. The summed E-state index contributed by atoms with van der Waals surface area (Å²) in [5.74, 6) is 0.0764. The summed E-state index contributed by atoms with van der Waals surface area (Å²) in [5, 5.41) is 3.13. The molecule has 4 nitrogen and oxygen atoms in total. The van der Waals surface area contributed by atoms with Gasteiger partial charge in [0.05, 0.1) is 10.6 Å². The van der Waals surface area contributed by atoms with E-state index in [0.717, 1.165) is 11.8 Å². The highest BCUT2D eigenvalue weighted by atomic mass is 32.2. The van der Waals surface area contributed by atoms with E-state index in [1.807, 2.05) is 6.92 Å². The molecule has 0 radical (unpaired) electrons. The summed E-state index contributed by atoms with van der Waals surface area (Å²) < 4.78 is 52.1. The Balaban J connectivity index is 2.18. The lowest BCUT2D eigenvalue weighted by atomic mass is 10.1. The van der Waals surface area contributed by atoms with Gasteiger partial charge in [0.15, 0.2) is 9.84 Å². The van der Waals surface area contributed by atoms with Gasteiger partial charge in [-0.25, -0.2) is 8.42 Å². The maximum Gasteiger partial charge on any atom is 0.387 e. The molecular weight excluding hydrogens is 324 g/mol. The van der Waals surface area contributed by atoms with E-state index >= 15 is 0 Å². The van der Waals surface area contributed by atoms with Gasteiger partial charge in [0.2, 0.25) is 0 Å².